The minimum atomic E-state index is 0.628. The maximum absolute atomic E-state index is 6.08. The number of aromatic nitrogens is 3. The van der Waals surface area contributed by atoms with Crippen molar-refractivity contribution in [3.05, 3.63) is 34.1 Å². The Morgan fingerprint density at radius 2 is 2.00 bits per heavy atom. The van der Waals surface area contributed by atoms with Crippen molar-refractivity contribution in [2.75, 3.05) is 5.73 Å². The van der Waals surface area contributed by atoms with Gasteiger partial charge < -0.3 is 5.73 Å². The minimum Gasteiger partial charge on any atom is -0.395 e. The number of anilines is 1. The van der Waals surface area contributed by atoms with Gasteiger partial charge in [0.15, 0.2) is 5.65 Å². The van der Waals surface area contributed by atoms with Crippen molar-refractivity contribution in [1.29, 1.82) is 0 Å². The lowest BCUT2D eigenvalue weighted by Gasteiger charge is -2.09. The van der Waals surface area contributed by atoms with Gasteiger partial charge in [-0.25, -0.2) is 0 Å². The van der Waals surface area contributed by atoms with E-state index in [-0.39, 0.29) is 0 Å². The van der Waals surface area contributed by atoms with Gasteiger partial charge in [-0.1, -0.05) is 11.6 Å². The van der Waals surface area contributed by atoms with Crippen molar-refractivity contribution in [2.45, 2.75) is 13.8 Å². The predicted molar refractivity (Wildman–Crippen MR) is 72.1 cm³/mol. The van der Waals surface area contributed by atoms with Crippen molar-refractivity contribution in [1.82, 2.24) is 14.6 Å². The predicted octanol–water partition coefficient (Wildman–Crippen LogP) is 2.84. The second-order valence-electron chi connectivity index (χ2n) is 4.15. The number of aryl methyl sites for hydroxylation is 2. The zero-order chi connectivity index (χ0) is 12.2. The summed E-state index contributed by atoms with van der Waals surface area (Å²) in [5.74, 6) is 0.841. The Bertz CT molecular complexity index is 745. The lowest BCUT2D eigenvalue weighted by molar-refractivity contribution is 1.02. The number of hydrogen-bond acceptors (Lipinski definition) is 3. The molecule has 2 heterocycles. The molecule has 1 aromatic carbocycles. The molecule has 86 valence electrons. The van der Waals surface area contributed by atoms with Crippen LogP contribution in [0.3, 0.4) is 0 Å². The summed E-state index contributed by atoms with van der Waals surface area (Å²) in [6.07, 6.45) is 0. The highest BCUT2D eigenvalue weighted by Crippen LogP contribution is 2.33. The summed E-state index contributed by atoms with van der Waals surface area (Å²) in [5.41, 5.74) is 9.67. The molecule has 0 saturated heterocycles. The van der Waals surface area contributed by atoms with Crippen molar-refractivity contribution in [3.8, 4) is 0 Å². The molecule has 0 amide bonds. The van der Waals surface area contributed by atoms with Crippen LogP contribution >= 0.6 is 15.9 Å². The molecule has 0 aliphatic heterocycles. The summed E-state index contributed by atoms with van der Waals surface area (Å²) in [6.45, 7) is 3.98. The van der Waals surface area contributed by atoms with E-state index in [0.717, 1.165) is 21.2 Å². The van der Waals surface area contributed by atoms with Gasteiger partial charge in [-0.15, -0.1) is 10.2 Å². The number of fused-ring (bicyclic) bond motifs is 3. The van der Waals surface area contributed by atoms with Gasteiger partial charge in [0.2, 0.25) is 0 Å². The van der Waals surface area contributed by atoms with E-state index in [1.54, 1.807) is 0 Å². The smallest absolute Gasteiger partial charge is 0.185 e. The molecule has 3 rings (SSSR count). The van der Waals surface area contributed by atoms with E-state index in [1.807, 2.05) is 11.3 Å². The van der Waals surface area contributed by atoms with Crippen LogP contribution in [0.5, 0.6) is 0 Å². The molecule has 0 atom stereocenters. The van der Waals surface area contributed by atoms with Crippen LogP contribution in [0.2, 0.25) is 0 Å². The van der Waals surface area contributed by atoms with E-state index < -0.39 is 0 Å². The summed E-state index contributed by atoms with van der Waals surface area (Å²) in [6, 6.07) is 6.25. The highest BCUT2D eigenvalue weighted by molar-refractivity contribution is 9.10. The average molecular weight is 291 g/mol. The molecule has 0 unspecified atom stereocenters. The first kappa shape index (κ1) is 10.5. The first-order valence-corrected chi connectivity index (χ1v) is 6.08. The van der Waals surface area contributed by atoms with E-state index in [1.165, 1.54) is 5.56 Å². The summed E-state index contributed by atoms with van der Waals surface area (Å²) >= 11 is 3.54. The Balaban J connectivity index is 2.67. The Morgan fingerprint density at radius 1 is 1.24 bits per heavy atom. The molecule has 3 aromatic rings. The number of nitrogens with two attached hydrogens (primary N) is 1. The molecule has 0 spiro atoms. The molecule has 0 bridgehead atoms. The maximum atomic E-state index is 6.08. The van der Waals surface area contributed by atoms with Crippen LogP contribution in [-0.2, 0) is 0 Å². The third-order valence-corrected chi connectivity index (χ3v) is 3.79. The third-order valence-electron chi connectivity index (χ3n) is 2.93. The summed E-state index contributed by atoms with van der Waals surface area (Å²) in [7, 11) is 0. The van der Waals surface area contributed by atoms with E-state index in [9.17, 15) is 0 Å². The van der Waals surface area contributed by atoms with Gasteiger partial charge in [-0.2, -0.15) is 0 Å². The fraction of sp³-hybridized carbons (Fsp3) is 0.167. The van der Waals surface area contributed by atoms with E-state index in [2.05, 4.69) is 51.3 Å². The molecule has 4 nitrogen and oxygen atoms in total. The fourth-order valence-electron chi connectivity index (χ4n) is 2.09. The quantitative estimate of drug-likeness (QED) is 0.693. The lowest BCUT2D eigenvalue weighted by Crippen LogP contribution is -1.98. The Hall–Kier alpha value is -1.62. The van der Waals surface area contributed by atoms with Gasteiger partial charge in [0.25, 0.3) is 0 Å². The molecule has 0 aliphatic carbocycles. The van der Waals surface area contributed by atoms with Crippen LogP contribution < -0.4 is 5.73 Å². The topological polar surface area (TPSA) is 56.2 Å². The highest BCUT2D eigenvalue weighted by Gasteiger charge is 2.13. The number of pyridine rings is 1. The zero-order valence-electron chi connectivity index (χ0n) is 9.53. The van der Waals surface area contributed by atoms with Crippen molar-refractivity contribution >= 4 is 38.2 Å². The van der Waals surface area contributed by atoms with Crippen LogP contribution in [-0.4, -0.2) is 14.6 Å². The fourth-order valence-corrected chi connectivity index (χ4v) is 2.58. The number of rotatable bonds is 0. The summed E-state index contributed by atoms with van der Waals surface area (Å²) < 4.78 is 2.87. The van der Waals surface area contributed by atoms with E-state index >= 15 is 0 Å². The Morgan fingerprint density at radius 3 is 2.76 bits per heavy atom. The minimum absolute atomic E-state index is 0.628. The SMILES string of the molecule is Cc1ccc2c(c1)c(Br)c(N)c1nnc(C)n12. The Kier molecular flexibility index (Phi) is 2.13. The Labute approximate surface area is 107 Å². The number of halogens is 1. The standard InChI is InChI=1S/C12H11BrN4/c1-6-3-4-9-8(5-6)10(13)11(14)12-16-15-7(2)17(9)12/h3-5H,14H2,1-2H3. The monoisotopic (exact) mass is 290 g/mol. The summed E-state index contributed by atoms with van der Waals surface area (Å²) in [5, 5.41) is 9.27. The van der Waals surface area contributed by atoms with Crippen molar-refractivity contribution < 1.29 is 0 Å². The summed E-state index contributed by atoms with van der Waals surface area (Å²) in [4.78, 5) is 0. The number of benzene rings is 1. The van der Waals surface area contributed by atoms with Crippen LogP contribution in [0.25, 0.3) is 16.6 Å². The molecule has 0 fully saturated rings. The van der Waals surface area contributed by atoms with Crippen LogP contribution in [0, 0.1) is 13.8 Å². The maximum Gasteiger partial charge on any atom is 0.185 e. The lowest BCUT2D eigenvalue weighted by atomic mass is 10.1. The van der Waals surface area contributed by atoms with E-state index in [0.29, 0.717) is 11.3 Å². The second kappa shape index (κ2) is 3.43. The largest absolute Gasteiger partial charge is 0.395 e. The number of hydrogen-bond donors (Lipinski definition) is 1. The van der Waals surface area contributed by atoms with Crippen LogP contribution in [0.1, 0.15) is 11.4 Å². The molecule has 2 aromatic heterocycles. The third kappa shape index (κ3) is 1.35. The zero-order valence-corrected chi connectivity index (χ0v) is 11.1. The first-order chi connectivity index (χ1) is 8.09. The van der Waals surface area contributed by atoms with Gasteiger partial charge in [0.05, 0.1) is 15.7 Å². The van der Waals surface area contributed by atoms with Crippen LogP contribution in [0.4, 0.5) is 5.69 Å². The number of nitrogens with zero attached hydrogens (tertiary/aromatic N) is 3. The molecular formula is C12H11BrN4. The average Bonchev–Trinajstić information content (AvgIpc) is 2.69. The van der Waals surface area contributed by atoms with Crippen molar-refractivity contribution in [2.24, 2.45) is 0 Å². The second-order valence-corrected chi connectivity index (χ2v) is 4.95. The molecule has 5 heteroatoms. The van der Waals surface area contributed by atoms with Gasteiger partial charge in [0, 0.05) is 5.39 Å². The molecule has 0 saturated carbocycles. The van der Waals surface area contributed by atoms with Crippen molar-refractivity contribution in [3.63, 3.8) is 0 Å². The van der Waals surface area contributed by atoms with Gasteiger partial charge >= 0.3 is 0 Å². The van der Waals surface area contributed by atoms with Gasteiger partial charge in [-0.3, -0.25) is 4.40 Å². The number of nitrogen functional groups attached to an aromatic ring is 1. The molecule has 2 N–H and O–H groups in total. The van der Waals surface area contributed by atoms with E-state index in [4.69, 9.17) is 5.73 Å². The molecule has 17 heavy (non-hydrogen) atoms. The highest BCUT2D eigenvalue weighted by atomic mass is 79.9. The van der Waals surface area contributed by atoms with Gasteiger partial charge in [0.1, 0.15) is 5.82 Å². The molecule has 0 aliphatic rings. The van der Waals surface area contributed by atoms with Crippen LogP contribution in [0.15, 0.2) is 22.7 Å². The first-order valence-electron chi connectivity index (χ1n) is 5.28. The molecular weight excluding hydrogens is 280 g/mol. The van der Waals surface area contributed by atoms with Gasteiger partial charge in [-0.05, 0) is 41.9 Å². The normalized spacial score (nSPS) is 11.5. The molecule has 0 radical (unpaired) electrons.